The van der Waals surface area contributed by atoms with Crippen molar-refractivity contribution in [2.45, 2.75) is 57.5 Å². The van der Waals surface area contributed by atoms with Crippen LogP contribution >= 0.6 is 0 Å². The Bertz CT molecular complexity index is 595. The number of aliphatic hydroxyl groups excluding tert-OH is 1. The lowest BCUT2D eigenvalue weighted by atomic mass is 10.0. The molecule has 2 unspecified atom stereocenters. The number of carbonyl (C=O) groups is 4. The van der Waals surface area contributed by atoms with Crippen molar-refractivity contribution in [1.29, 1.82) is 0 Å². The average molecular weight is 362 g/mol. The minimum atomic E-state index is -2.75. The third kappa shape index (κ3) is 3.87. The van der Waals surface area contributed by atoms with Gasteiger partial charge in [0, 0.05) is 20.3 Å². The minimum absolute atomic E-state index is 0.0970. The molecule has 0 aromatic heterocycles. The molecule has 0 spiro atoms. The Hall–Kier alpha value is -2.27. The standard InChI is InChI=1S/C14H19FN2O8/c1-6(18)23-5-9-8(24-7(2)19)4-10(25-9)17-12(21)14(3,15)11(20)16-13(17)22/h8-10,12,21H,4-5H2,1-3H3,(H,16,20,22)/t8-,9+,10+,12?,14?/m0/s1. The number of hydrogen-bond donors (Lipinski definition) is 2. The Kier molecular flexibility index (Phi) is 5.28. The predicted octanol–water partition coefficient (Wildman–Crippen LogP) is -0.805. The number of imide groups is 1. The quantitative estimate of drug-likeness (QED) is 0.621. The molecule has 11 heteroatoms. The number of alkyl halides is 1. The molecule has 0 radical (unpaired) electrons. The van der Waals surface area contributed by atoms with Crippen LogP contribution in [0.3, 0.4) is 0 Å². The lowest BCUT2D eigenvalue weighted by Crippen LogP contribution is -2.69. The van der Waals surface area contributed by atoms with E-state index in [-0.39, 0.29) is 13.0 Å². The predicted molar refractivity (Wildman–Crippen MR) is 76.4 cm³/mol. The topological polar surface area (TPSA) is 131 Å². The van der Waals surface area contributed by atoms with Gasteiger partial charge in [0.15, 0.2) is 6.23 Å². The van der Waals surface area contributed by atoms with Crippen LogP contribution in [0.5, 0.6) is 0 Å². The first-order chi connectivity index (χ1) is 11.5. The van der Waals surface area contributed by atoms with Gasteiger partial charge in [-0.25, -0.2) is 9.18 Å². The second-order valence-electron chi connectivity index (χ2n) is 5.93. The van der Waals surface area contributed by atoms with Crippen molar-refractivity contribution >= 4 is 23.9 Å². The summed E-state index contributed by atoms with van der Waals surface area (Å²) in [7, 11) is 0. The summed E-state index contributed by atoms with van der Waals surface area (Å²) in [6, 6.07) is -1.05. The molecule has 2 heterocycles. The number of ether oxygens (including phenoxy) is 3. The molecule has 0 aromatic carbocycles. The van der Waals surface area contributed by atoms with Gasteiger partial charge in [0.05, 0.1) is 0 Å². The van der Waals surface area contributed by atoms with E-state index in [0.29, 0.717) is 4.90 Å². The number of nitrogens with zero attached hydrogens (tertiary/aromatic N) is 1. The second-order valence-corrected chi connectivity index (χ2v) is 5.93. The van der Waals surface area contributed by atoms with Crippen LogP contribution in [-0.2, 0) is 28.6 Å². The molecule has 0 aromatic rings. The van der Waals surface area contributed by atoms with Crippen LogP contribution in [0.25, 0.3) is 0 Å². The van der Waals surface area contributed by atoms with Gasteiger partial charge in [-0.2, -0.15) is 0 Å². The van der Waals surface area contributed by atoms with E-state index in [1.165, 1.54) is 6.92 Å². The Labute approximate surface area is 142 Å². The first-order valence-corrected chi connectivity index (χ1v) is 7.50. The van der Waals surface area contributed by atoms with Crippen molar-refractivity contribution in [3.8, 4) is 0 Å². The van der Waals surface area contributed by atoms with E-state index in [1.54, 1.807) is 5.32 Å². The number of aliphatic hydroxyl groups is 1. The Morgan fingerprint density at radius 2 is 2.04 bits per heavy atom. The lowest BCUT2D eigenvalue weighted by Gasteiger charge is -2.41. The SMILES string of the molecule is CC(=O)OC[C@H]1O[C@@H](N2C(=O)NC(=O)C(C)(F)C2O)C[C@@H]1OC(C)=O. The highest BCUT2D eigenvalue weighted by Gasteiger charge is 2.55. The molecule has 2 aliphatic heterocycles. The van der Waals surface area contributed by atoms with Gasteiger partial charge in [0.2, 0.25) is 5.67 Å². The number of nitrogens with one attached hydrogen (secondary N) is 1. The average Bonchev–Trinajstić information content (AvgIpc) is 2.85. The fourth-order valence-corrected chi connectivity index (χ4v) is 2.62. The van der Waals surface area contributed by atoms with E-state index < -0.39 is 54.2 Å². The Balaban J connectivity index is 2.18. The molecule has 2 aliphatic rings. The van der Waals surface area contributed by atoms with Crippen molar-refractivity contribution in [1.82, 2.24) is 10.2 Å². The Morgan fingerprint density at radius 3 is 2.60 bits per heavy atom. The third-order valence-electron chi connectivity index (χ3n) is 3.91. The minimum Gasteiger partial charge on any atom is -0.463 e. The van der Waals surface area contributed by atoms with Crippen molar-refractivity contribution in [2.24, 2.45) is 0 Å². The van der Waals surface area contributed by atoms with E-state index in [4.69, 9.17) is 14.2 Å². The molecule has 10 nitrogen and oxygen atoms in total. The van der Waals surface area contributed by atoms with Gasteiger partial charge >= 0.3 is 18.0 Å². The number of carbonyl (C=O) groups excluding carboxylic acids is 4. The summed E-state index contributed by atoms with van der Waals surface area (Å²) in [5.74, 6) is -2.49. The van der Waals surface area contributed by atoms with E-state index in [9.17, 15) is 28.7 Å². The number of urea groups is 1. The molecule has 5 atom stereocenters. The molecule has 0 aliphatic carbocycles. The number of halogens is 1. The first kappa shape index (κ1) is 19.1. The summed E-state index contributed by atoms with van der Waals surface area (Å²) in [5, 5.41) is 11.9. The molecule has 0 bridgehead atoms. The zero-order valence-electron chi connectivity index (χ0n) is 13.9. The van der Waals surface area contributed by atoms with E-state index in [0.717, 1.165) is 13.8 Å². The summed E-state index contributed by atoms with van der Waals surface area (Å²) in [5.41, 5.74) is -2.75. The molecule has 2 fully saturated rings. The number of amides is 3. The van der Waals surface area contributed by atoms with E-state index in [1.807, 2.05) is 0 Å². The zero-order valence-corrected chi connectivity index (χ0v) is 13.9. The van der Waals surface area contributed by atoms with Crippen LogP contribution in [-0.4, -0.2) is 70.8 Å². The molecular formula is C14H19FN2O8. The summed E-state index contributed by atoms with van der Waals surface area (Å²) in [4.78, 5) is 46.2. The maximum atomic E-state index is 14.3. The van der Waals surface area contributed by atoms with Crippen LogP contribution < -0.4 is 5.32 Å². The normalized spacial score (nSPS) is 35.3. The maximum absolute atomic E-state index is 14.3. The summed E-state index contributed by atoms with van der Waals surface area (Å²) in [6.45, 7) is 2.90. The highest BCUT2D eigenvalue weighted by atomic mass is 19.1. The van der Waals surface area contributed by atoms with Crippen LogP contribution in [0.1, 0.15) is 27.2 Å². The van der Waals surface area contributed by atoms with Crippen molar-refractivity contribution in [2.75, 3.05) is 6.61 Å². The molecular weight excluding hydrogens is 343 g/mol. The largest absolute Gasteiger partial charge is 0.463 e. The fraction of sp³-hybridized carbons (Fsp3) is 0.714. The molecule has 3 amide bonds. The van der Waals surface area contributed by atoms with Crippen molar-refractivity contribution < 1.29 is 42.9 Å². The smallest absolute Gasteiger partial charge is 0.328 e. The lowest BCUT2D eigenvalue weighted by molar-refractivity contribution is -0.180. The third-order valence-corrected chi connectivity index (χ3v) is 3.91. The van der Waals surface area contributed by atoms with Crippen LogP contribution in [0.2, 0.25) is 0 Å². The van der Waals surface area contributed by atoms with E-state index >= 15 is 0 Å². The van der Waals surface area contributed by atoms with Crippen LogP contribution in [0.4, 0.5) is 9.18 Å². The van der Waals surface area contributed by atoms with Crippen LogP contribution in [0.15, 0.2) is 0 Å². The highest BCUT2D eigenvalue weighted by Crippen LogP contribution is 2.32. The van der Waals surface area contributed by atoms with Gasteiger partial charge in [-0.1, -0.05) is 0 Å². The maximum Gasteiger partial charge on any atom is 0.328 e. The molecule has 2 saturated heterocycles. The van der Waals surface area contributed by atoms with Crippen molar-refractivity contribution in [3.05, 3.63) is 0 Å². The Morgan fingerprint density at radius 1 is 1.40 bits per heavy atom. The monoisotopic (exact) mass is 362 g/mol. The number of hydrogen-bond acceptors (Lipinski definition) is 8. The van der Waals surface area contributed by atoms with Crippen LogP contribution in [0, 0.1) is 0 Å². The van der Waals surface area contributed by atoms with Gasteiger partial charge in [-0.05, 0) is 6.92 Å². The molecule has 25 heavy (non-hydrogen) atoms. The van der Waals surface area contributed by atoms with Crippen molar-refractivity contribution in [3.63, 3.8) is 0 Å². The number of rotatable bonds is 4. The first-order valence-electron chi connectivity index (χ1n) is 7.50. The molecule has 2 N–H and O–H groups in total. The number of esters is 2. The fourth-order valence-electron chi connectivity index (χ4n) is 2.62. The van der Waals surface area contributed by atoms with Gasteiger partial charge in [-0.15, -0.1) is 0 Å². The van der Waals surface area contributed by atoms with Gasteiger partial charge in [0.1, 0.15) is 25.0 Å². The molecule has 140 valence electrons. The molecule has 2 rings (SSSR count). The second kappa shape index (κ2) is 6.92. The zero-order chi connectivity index (χ0) is 18.9. The summed E-state index contributed by atoms with van der Waals surface area (Å²) < 4.78 is 29.7. The summed E-state index contributed by atoms with van der Waals surface area (Å²) in [6.07, 6.45) is -5.18. The highest BCUT2D eigenvalue weighted by molar-refractivity contribution is 6.01. The summed E-state index contributed by atoms with van der Waals surface area (Å²) >= 11 is 0. The van der Waals surface area contributed by atoms with Gasteiger partial charge in [0.25, 0.3) is 5.91 Å². The van der Waals surface area contributed by atoms with E-state index in [2.05, 4.69) is 0 Å². The van der Waals surface area contributed by atoms with Gasteiger partial charge < -0.3 is 19.3 Å². The molecule has 0 saturated carbocycles. The van der Waals surface area contributed by atoms with Gasteiger partial charge in [-0.3, -0.25) is 24.6 Å².